The molecule has 1 aromatic rings. The molecule has 1 rings (SSSR count). The van der Waals surface area contributed by atoms with Gasteiger partial charge in [0.05, 0.1) is 5.69 Å². The van der Waals surface area contributed by atoms with Crippen molar-refractivity contribution in [2.75, 3.05) is 6.54 Å². The molecule has 0 aromatic carbocycles. The monoisotopic (exact) mass is 293 g/mol. The van der Waals surface area contributed by atoms with Crippen molar-refractivity contribution < 1.29 is 0 Å². The van der Waals surface area contributed by atoms with Crippen LogP contribution in [-0.2, 0) is 19.4 Å². The molecule has 0 aliphatic carbocycles. The Balaban J connectivity index is 2.59. The summed E-state index contributed by atoms with van der Waals surface area (Å²) in [4.78, 5) is 0. The van der Waals surface area contributed by atoms with Crippen molar-refractivity contribution in [2.24, 2.45) is 0 Å². The van der Waals surface area contributed by atoms with Crippen LogP contribution in [0.4, 0.5) is 0 Å². The second-order valence-electron chi connectivity index (χ2n) is 6.00. The van der Waals surface area contributed by atoms with E-state index in [0.717, 1.165) is 25.9 Å². The highest BCUT2D eigenvalue weighted by molar-refractivity contribution is 5.12. The average molecular weight is 293 g/mol. The molecular formula is C18H35N3. The normalized spacial score (nSPS) is 12.8. The topological polar surface area (TPSA) is 29.9 Å². The molecular weight excluding hydrogens is 258 g/mol. The first-order chi connectivity index (χ1) is 10.2. The van der Waals surface area contributed by atoms with Crippen LogP contribution in [0.2, 0.25) is 0 Å². The van der Waals surface area contributed by atoms with Crippen LogP contribution < -0.4 is 5.32 Å². The van der Waals surface area contributed by atoms with Gasteiger partial charge in [-0.25, -0.2) is 0 Å². The lowest BCUT2D eigenvalue weighted by Crippen LogP contribution is -2.32. The lowest BCUT2D eigenvalue weighted by Gasteiger charge is -2.19. The van der Waals surface area contributed by atoms with Gasteiger partial charge in [-0.1, -0.05) is 46.5 Å². The lowest BCUT2D eigenvalue weighted by atomic mass is 10.0. The van der Waals surface area contributed by atoms with Gasteiger partial charge in [0.2, 0.25) is 0 Å². The van der Waals surface area contributed by atoms with Crippen molar-refractivity contribution in [1.82, 2.24) is 15.1 Å². The molecule has 1 heterocycles. The minimum atomic E-state index is 0.605. The fraction of sp³-hybridized carbons (Fsp3) is 0.833. The molecule has 122 valence electrons. The minimum absolute atomic E-state index is 0.605. The Labute approximate surface area is 131 Å². The SMILES string of the molecule is CCCCCCC(Cc1cc(CC)nn1CC)NCCC. The maximum absolute atomic E-state index is 4.68. The highest BCUT2D eigenvalue weighted by atomic mass is 15.3. The van der Waals surface area contributed by atoms with Crippen molar-refractivity contribution >= 4 is 0 Å². The summed E-state index contributed by atoms with van der Waals surface area (Å²) in [6.07, 6.45) is 10.0. The highest BCUT2D eigenvalue weighted by Crippen LogP contribution is 2.13. The third kappa shape index (κ3) is 6.64. The zero-order valence-electron chi connectivity index (χ0n) is 14.6. The maximum atomic E-state index is 4.68. The predicted molar refractivity (Wildman–Crippen MR) is 91.8 cm³/mol. The van der Waals surface area contributed by atoms with E-state index in [1.165, 1.54) is 49.9 Å². The first-order valence-corrected chi connectivity index (χ1v) is 9.04. The highest BCUT2D eigenvalue weighted by Gasteiger charge is 2.13. The fourth-order valence-corrected chi connectivity index (χ4v) is 2.82. The van der Waals surface area contributed by atoms with Gasteiger partial charge < -0.3 is 5.32 Å². The summed E-state index contributed by atoms with van der Waals surface area (Å²) in [5, 5.41) is 8.41. The molecule has 21 heavy (non-hydrogen) atoms. The summed E-state index contributed by atoms with van der Waals surface area (Å²) in [6.45, 7) is 11.0. The van der Waals surface area contributed by atoms with Crippen molar-refractivity contribution in [2.45, 2.75) is 91.6 Å². The number of unbranched alkanes of at least 4 members (excludes halogenated alkanes) is 3. The number of aromatic nitrogens is 2. The average Bonchev–Trinajstić information content (AvgIpc) is 2.91. The van der Waals surface area contributed by atoms with Gasteiger partial charge in [-0.2, -0.15) is 5.10 Å². The molecule has 1 N–H and O–H groups in total. The minimum Gasteiger partial charge on any atom is -0.314 e. The van der Waals surface area contributed by atoms with E-state index in [0.29, 0.717) is 6.04 Å². The summed E-state index contributed by atoms with van der Waals surface area (Å²) >= 11 is 0. The Morgan fingerprint density at radius 2 is 1.90 bits per heavy atom. The molecule has 0 aliphatic heterocycles. The molecule has 0 aliphatic rings. The molecule has 1 aromatic heterocycles. The Hall–Kier alpha value is -0.830. The van der Waals surface area contributed by atoms with Gasteiger partial charge in [0, 0.05) is 24.7 Å². The number of nitrogens with zero attached hydrogens (tertiary/aromatic N) is 2. The third-order valence-corrected chi connectivity index (χ3v) is 4.12. The predicted octanol–water partition coefficient (Wildman–Crippen LogP) is 4.35. The summed E-state index contributed by atoms with van der Waals surface area (Å²) in [5.74, 6) is 0. The standard InChI is InChI=1S/C18H35N3/c1-5-9-10-11-12-17(19-13-6-2)15-18-14-16(7-3)20-21(18)8-4/h14,17,19H,5-13,15H2,1-4H3. The quantitative estimate of drug-likeness (QED) is 0.581. The summed E-state index contributed by atoms with van der Waals surface area (Å²) in [6, 6.07) is 2.91. The number of nitrogens with one attached hydrogen (secondary N) is 1. The smallest absolute Gasteiger partial charge is 0.0624 e. The Bertz CT molecular complexity index is 371. The number of aryl methyl sites for hydroxylation is 2. The summed E-state index contributed by atoms with van der Waals surface area (Å²) in [7, 11) is 0. The Kier molecular flexibility index (Phi) is 9.40. The Morgan fingerprint density at radius 1 is 1.10 bits per heavy atom. The van der Waals surface area contributed by atoms with Gasteiger partial charge in [-0.05, 0) is 38.8 Å². The summed E-state index contributed by atoms with van der Waals surface area (Å²) in [5.41, 5.74) is 2.63. The van der Waals surface area contributed by atoms with E-state index in [-0.39, 0.29) is 0 Å². The third-order valence-electron chi connectivity index (χ3n) is 4.12. The molecule has 1 atom stereocenters. The zero-order valence-corrected chi connectivity index (χ0v) is 14.6. The van der Waals surface area contributed by atoms with Crippen molar-refractivity contribution in [3.8, 4) is 0 Å². The number of rotatable bonds is 12. The van der Waals surface area contributed by atoms with E-state index < -0.39 is 0 Å². The van der Waals surface area contributed by atoms with E-state index in [4.69, 9.17) is 0 Å². The van der Waals surface area contributed by atoms with E-state index >= 15 is 0 Å². The number of hydrogen-bond acceptors (Lipinski definition) is 2. The van der Waals surface area contributed by atoms with Crippen LogP contribution in [0.1, 0.15) is 77.6 Å². The molecule has 0 spiro atoms. The molecule has 0 fully saturated rings. The van der Waals surface area contributed by atoms with Crippen molar-refractivity contribution in [1.29, 1.82) is 0 Å². The molecule has 0 radical (unpaired) electrons. The zero-order chi connectivity index (χ0) is 15.5. The molecule has 0 saturated carbocycles. The van der Waals surface area contributed by atoms with Gasteiger partial charge in [-0.3, -0.25) is 4.68 Å². The van der Waals surface area contributed by atoms with Gasteiger partial charge in [0.1, 0.15) is 0 Å². The van der Waals surface area contributed by atoms with Gasteiger partial charge in [0.25, 0.3) is 0 Å². The Morgan fingerprint density at radius 3 is 2.52 bits per heavy atom. The molecule has 0 bridgehead atoms. The van der Waals surface area contributed by atoms with Crippen molar-refractivity contribution in [3.63, 3.8) is 0 Å². The van der Waals surface area contributed by atoms with Crippen molar-refractivity contribution in [3.05, 3.63) is 17.5 Å². The molecule has 3 nitrogen and oxygen atoms in total. The van der Waals surface area contributed by atoms with E-state index in [1.54, 1.807) is 0 Å². The van der Waals surface area contributed by atoms with E-state index in [2.05, 4.69) is 48.9 Å². The lowest BCUT2D eigenvalue weighted by molar-refractivity contribution is 0.440. The molecule has 3 heteroatoms. The van der Waals surface area contributed by atoms with E-state index in [9.17, 15) is 0 Å². The first-order valence-electron chi connectivity index (χ1n) is 9.04. The van der Waals surface area contributed by atoms with Crippen LogP contribution in [0.15, 0.2) is 6.07 Å². The number of hydrogen-bond donors (Lipinski definition) is 1. The van der Waals surface area contributed by atoms with Crippen LogP contribution in [0.25, 0.3) is 0 Å². The first kappa shape index (κ1) is 18.2. The second-order valence-corrected chi connectivity index (χ2v) is 6.00. The second kappa shape index (κ2) is 10.8. The maximum Gasteiger partial charge on any atom is 0.0624 e. The molecule has 0 saturated heterocycles. The van der Waals surface area contributed by atoms with Crippen LogP contribution in [0.5, 0.6) is 0 Å². The van der Waals surface area contributed by atoms with Gasteiger partial charge >= 0.3 is 0 Å². The van der Waals surface area contributed by atoms with Crippen LogP contribution >= 0.6 is 0 Å². The molecule has 1 unspecified atom stereocenters. The van der Waals surface area contributed by atoms with Crippen LogP contribution in [0, 0.1) is 0 Å². The summed E-state index contributed by atoms with van der Waals surface area (Å²) < 4.78 is 2.19. The fourth-order valence-electron chi connectivity index (χ4n) is 2.82. The molecule has 0 amide bonds. The van der Waals surface area contributed by atoms with Gasteiger partial charge in [0.15, 0.2) is 0 Å². The van der Waals surface area contributed by atoms with Gasteiger partial charge in [-0.15, -0.1) is 0 Å². The van der Waals surface area contributed by atoms with E-state index in [1.807, 2.05) is 0 Å². The van der Waals surface area contributed by atoms with Crippen LogP contribution in [-0.4, -0.2) is 22.4 Å². The largest absolute Gasteiger partial charge is 0.314 e. The van der Waals surface area contributed by atoms with Crippen LogP contribution in [0.3, 0.4) is 0 Å².